The maximum atomic E-state index is 13.0. The Labute approximate surface area is 188 Å². The fourth-order valence-electron chi connectivity index (χ4n) is 3.65. The SMILES string of the molecule is COc1ccc(C2CC(=O)Nc3c2c(=O)nc(SCc2cccc(Cl)c2)n3C)cc1O. The van der Waals surface area contributed by atoms with E-state index in [1.54, 1.807) is 29.8 Å². The molecule has 0 bridgehead atoms. The molecule has 3 aromatic rings. The van der Waals surface area contributed by atoms with Gasteiger partial charge in [0.1, 0.15) is 5.82 Å². The van der Waals surface area contributed by atoms with Gasteiger partial charge in [-0.1, -0.05) is 41.6 Å². The number of halogens is 1. The first-order chi connectivity index (χ1) is 14.9. The Morgan fingerprint density at radius 3 is 2.81 bits per heavy atom. The molecule has 1 atom stereocenters. The molecule has 2 heterocycles. The zero-order chi connectivity index (χ0) is 22.1. The molecule has 31 heavy (non-hydrogen) atoms. The van der Waals surface area contributed by atoms with Crippen molar-refractivity contribution in [3.8, 4) is 11.5 Å². The minimum absolute atomic E-state index is 0.0500. The number of phenolic OH excluding ortho intramolecular Hbond substituents is 1. The maximum absolute atomic E-state index is 13.0. The van der Waals surface area contributed by atoms with E-state index in [1.807, 2.05) is 18.2 Å². The van der Waals surface area contributed by atoms with Crippen molar-refractivity contribution >= 4 is 35.1 Å². The molecule has 1 aromatic heterocycles. The Morgan fingerprint density at radius 1 is 1.29 bits per heavy atom. The Morgan fingerprint density at radius 2 is 2.10 bits per heavy atom. The number of methoxy groups -OCH3 is 1. The second-order valence-corrected chi connectivity index (χ2v) is 8.55. The highest BCUT2D eigenvalue weighted by Gasteiger charge is 2.32. The van der Waals surface area contributed by atoms with E-state index in [2.05, 4.69) is 10.3 Å². The predicted molar refractivity (Wildman–Crippen MR) is 120 cm³/mol. The van der Waals surface area contributed by atoms with Gasteiger partial charge in [-0.25, -0.2) is 0 Å². The van der Waals surface area contributed by atoms with Crippen molar-refractivity contribution < 1.29 is 14.6 Å². The number of aromatic hydroxyl groups is 1. The summed E-state index contributed by atoms with van der Waals surface area (Å²) in [6.45, 7) is 0. The lowest BCUT2D eigenvalue weighted by atomic mass is 9.86. The molecule has 1 amide bonds. The third-order valence-electron chi connectivity index (χ3n) is 5.16. The number of phenols is 1. The largest absolute Gasteiger partial charge is 0.504 e. The molecule has 0 spiro atoms. The standard InChI is InChI=1S/C22H20ClN3O4S/c1-26-20-19(21(29)25-22(26)31-11-12-4-3-5-14(23)8-12)15(10-18(28)24-20)13-6-7-17(30-2)16(27)9-13/h3-9,15,27H,10-11H2,1-2H3,(H,24,28). The van der Waals surface area contributed by atoms with Crippen LogP contribution in [0.15, 0.2) is 52.4 Å². The number of aromatic nitrogens is 2. The van der Waals surface area contributed by atoms with E-state index >= 15 is 0 Å². The number of hydrogen-bond acceptors (Lipinski definition) is 6. The summed E-state index contributed by atoms with van der Waals surface area (Å²) in [5.74, 6) is 0.543. The second kappa shape index (κ2) is 8.64. The molecule has 7 nitrogen and oxygen atoms in total. The van der Waals surface area contributed by atoms with Crippen LogP contribution in [0.4, 0.5) is 5.82 Å². The minimum atomic E-state index is -0.515. The molecule has 2 aromatic carbocycles. The summed E-state index contributed by atoms with van der Waals surface area (Å²) in [5, 5.41) is 14.1. The molecule has 1 unspecified atom stereocenters. The molecule has 1 aliphatic rings. The fraction of sp³-hybridized carbons (Fsp3) is 0.227. The highest BCUT2D eigenvalue weighted by atomic mass is 35.5. The molecule has 0 fully saturated rings. The number of ether oxygens (including phenoxy) is 1. The number of anilines is 1. The summed E-state index contributed by atoms with van der Waals surface area (Å²) in [7, 11) is 3.22. The zero-order valence-corrected chi connectivity index (χ0v) is 18.5. The molecular formula is C22H20ClN3O4S. The van der Waals surface area contributed by atoms with Crippen LogP contribution < -0.4 is 15.6 Å². The Hall–Kier alpha value is -2.97. The molecule has 0 saturated heterocycles. The van der Waals surface area contributed by atoms with Crippen LogP contribution in [0.5, 0.6) is 11.5 Å². The van der Waals surface area contributed by atoms with Gasteiger partial charge in [0.15, 0.2) is 16.7 Å². The van der Waals surface area contributed by atoms with Crippen LogP contribution in [0.3, 0.4) is 0 Å². The maximum Gasteiger partial charge on any atom is 0.279 e. The van der Waals surface area contributed by atoms with E-state index in [-0.39, 0.29) is 18.1 Å². The lowest BCUT2D eigenvalue weighted by Crippen LogP contribution is -2.33. The van der Waals surface area contributed by atoms with Crippen LogP contribution in [0.2, 0.25) is 5.02 Å². The van der Waals surface area contributed by atoms with Crippen molar-refractivity contribution in [2.45, 2.75) is 23.2 Å². The van der Waals surface area contributed by atoms with E-state index in [4.69, 9.17) is 16.3 Å². The number of thioether (sulfide) groups is 1. The summed E-state index contributed by atoms with van der Waals surface area (Å²) in [5.41, 5.74) is 1.65. The third-order valence-corrected chi connectivity index (χ3v) is 6.50. The van der Waals surface area contributed by atoms with Gasteiger partial charge >= 0.3 is 0 Å². The van der Waals surface area contributed by atoms with E-state index in [0.717, 1.165) is 5.56 Å². The smallest absolute Gasteiger partial charge is 0.279 e. The lowest BCUT2D eigenvalue weighted by Gasteiger charge is -2.27. The van der Waals surface area contributed by atoms with Crippen molar-refractivity contribution in [3.63, 3.8) is 0 Å². The minimum Gasteiger partial charge on any atom is -0.504 e. The first-order valence-electron chi connectivity index (χ1n) is 9.52. The molecule has 2 N–H and O–H groups in total. The second-order valence-electron chi connectivity index (χ2n) is 7.18. The first-order valence-corrected chi connectivity index (χ1v) is 10.9. The summed E-state index contributed by atoms with van der Waals surface area (Å²) < 4.78 is 6.81. The van der Waals surface area contributed by atoms with Gasteiger partial charge in [-0.3, -0.25) is 9.59 Å². The van der Waals surface area contributed by atoms with Gasteiger partial charge in [0, 0.05) is 30.2 Å². The number of benzene rings is 2. The molecule has 1 aliphatic heterocycles. The number of nitrogens with zero attached hydrogens (tertiary/aromatic N) is 2. The van der Waals surface area contributed by atoms with Gasteiger partial charge < -0.3 is 19.7 Å². The predicted octanol–water partition coefficient (Wildman–Crippen LogP) is 3.91. The zero-order valence-electron chi connectivity index (χ0n) is 16.9. The molecule has 9 heteroatoms. The van der Waals surface area contributed by atoms with Crippen LogP contribution in [-0.4, -0.2) is 27.7 Å². The van der Waals surface area contributed by atoms with Crippen molar-refractivity contribution in [2.75, 3.05) is 12.4 Å². The summed E-state index contributed by atoms with van der Waals surface area (Å²) in [4.78, 5) is 29.7. The van der Waals surface area contributed by atoms with Crippen LogP contribution >= 0.6 is 23.4 Å². The Kier molecular flexibility index (Phi) is 5.93. The van der Waals surface area contributed by atoms with Gasteiger partial charge in [0.2, 0.25) is 5.91 Å². The monoisotopic (exact) mass is 457 g/mol. The molecule has 0 saturated carbocycles. The van der Waals surface area contributed by atoms with Crippen molar-refractivity contribution in [3.05, 3.63) is 74.5 Å². The summed E-state index contributed by atoms with van der Waals surface area (Å²) in [6.07, 6.45) is 0.0880. The number of hydrogen-bond donors (Lipinski definition) is 2. The van der Waals surface area contributed by atoms with Crippen molar-refractivity contribution in [1.29, 1.82) is 0 Å². The van der Waals surface area contributed by atoms with Gasteiger partial charge in [0.05, 0.1) is 12.7 Å². The van der Waals surface area contributed by atoms with Crippen molar-refractivity contribution in [2.24, 2.45) is 7.05 Å². The van der Waals surface area contributed by atoms with Crippen LogP contribution in [0.25, 0.3) is 0 Å². The van der Waals surface area contributed by atoms with E-state index in [0.29, 0.717) is 38.6 Å². The topological polar surface area (TPSA) is 93.5 Å². The summed E-state index contributed by atoms with van der Waals surface area (Å²) >= 11 is 7.43. The average molecular weight is 458 g/mol. The Bertz CT molecular complexity index is 1230. The molecule has 0 radical (unpaired) electrons. The average Bonchev–Trinajstić information content (AvgIpc) is 2.74. The van der Waals surface area contributed by atoms with E-state index < -0.39 is 11.5 Å². The molecular weight excluding hydrogens is 438 g/mol. The highest BCUT2D eigenvalue weighted by molar-refractivity contribution is 7.98. The number of fused-ring (bicyclic) bond motifs is 1. The number of amides is 1. The fourth-order valence-corrected chi connectivity index (χ4v) is 4.77. The molecule has 0 aliphatic carbocycles. The van der Waals surface area contributed by atoms with Crippen LogP contribution in [-0.2, 0) is 17.6 Å². The van der Waals surface area contributed by atoms with E-state index in [9.17, 15) is 14.7 Å². The first kappa shape index (κ1) is 21.3. The Balaban J connectivity index is 1.71. The van der Waals surface area contributed by atoms with Gasteiger partial charge in [-0.05, 0) is 35.4 Å². The quantitative estimate of drug-likeness (QED) is 0.445. The van der Waals surface area contributed by atoms with Crippen LogP contribution in [0, 0.1) is 0 Å². The number of nitrogens with one attached hydrogen (secondary N) is 1. The van der Waals surface area contributed by atoms with Crippen LogP contribution in [0.1, 0.15) is 29.0 Å². The highest BCUT2D eigenvalue weighted by Crippen LogP contribution is 2.39. The van der Waals surface area contributed by atoms with Gasteiger partial charge in [-0.2, -0.15) is 4.98 Å². The van der Waals surface area contributed by atoms with Gasteiger partial charge in [0.25, 0.3) is 5.56 Å². The third kappa shape index (κ3) is 4.26. The van der Waals surface area contributed by atoms with Crippen molar-refractivity contribution in [1.82, 2.24) is 9.55 Å². The van der Waals surface area contributed by atoms with Gasteiger partial charge in [-0.15, -0.1) is 0 Å². The number of carbonyl (C=O) groups excluding carboxylic acids is 1. The molecule has 4 rings (SSSR count). The lowest BCUT2D eigenvalue weighted by molar-refractivity contribution is -0.116. The molecule has 160 valence electrons. The number of rotatable bonds is 5. The van der Waals surface area contributed by atoms with E-state index in [1.165, 1.54) is 24.9 Å². The normalized spacial score (nSPS) is 15.3. The summed E-state index contributed by atoms with van der Waals surface area (Å²) in [6, 6.07) is 12.4. The number of carbonyl (C=O) groups is 1.